The van der Waals surface area contributed by atoms with Crippen molar-refractivity contribution in [2.45, 2.75) is 19.1 Å². The number of nitrogens with zero attached hydrogens (tertiary/aromatic N) is 1. The molecule has 1 fully saturated rings. The maximum atomic E-state index is 14.1. The first-order valence-electron chi connectivity index (χ1n) is 10.8. The maximum absolute atomic E-state index is 14.1. The Bertz CT molecular complexity index is 972. The fourth-order valence-corrected chi connectivity index (χ4v) is 4.12. The molecule has 0 aromatic heterocycles. The summed E-state index contributed by atoms with van der Waals surface area (Å²) in [6.45, 7) is 4.24. The third kappa shape index (κ3) is 5.43. The summed E-state index contributed by atoms with van der Waals surface area (Å²) in [5.74, 6) is 1.17. The summed E-state index contributed by atoms with van der Waals surface area (Å²) >= 11 is 0. The average molecular weight is 421 g/mol. The molecule has 0 aliphatic carbocycles. The van der Waals surface area contributed by atoms with Gasteiger partial charge in [0.2, 0.25) is 0 Å². The Morgan fingerprint density at radius 2 is 1.74 bits per heavy atom. The van der Waals surface area contributed by atoms with Crippen LogP contribution >= 0.6 is 0 Å². The predicted octanol–water partition coefficient (Wildman–Crippen LogP) is 4.80. The number of nitrogens with one attached hydrogen (secondary N) is 1. The summed E-state index contributed by atoms with van der Waals surface area (Å²) in [6, 6.07) is 23.0. The van der Waals surface area contributed by atoms with Crippen molar-refractivity contribution in [3.63, 3.8) is 0 Å². The van der Waals surface area contributed by atoms with Crippen molar-refractivity contribution in [3.8, 4) is 11.5 Å². The van der Waals surface area contributed by atoms with Gasteiger partial charge in [-0.2, -0.15) is 0 Å². The largest absolute Gasteiger partial charge is 0.493 e. The molecule has 1 heterocycles. The van der Waals surface area contributed by atoms with Gasteiger partial charge in [0, 0.05) is 19.6 Å². The van der Waals surface area contributed by atoms with E-state index in [2.05, 4.69) is 16.3 Å². The van der Waals surface area contributed by atoms with Gasteiger partial charge in [0.25, 0.3) is 0 Å². The molecule has 0 radical (unpaired) electrons. The van der Waals surface area contributed by atoms with Crippen LogP contribution in [0.4, 0.5) is 4.39 Å². The van der Waals surface area contributed by atoms with Crippen molar-refractivity contribution in [2.24, 2.45) is 0 Å². The highest BCUT2D eigenvalue weighted by atomic mass is 19.1. The molecular formula is C26H29FN2O2. The third-order valence-electron chi connectivity index (χ3n) is 5.64. The van der Waals surface area contributed by atoms with Gasteiger partial charge in [0.05, 0.1) is 13.2 Å². The van der Waals surface area contributed by atoms with E-state index in [1.807, 2.05) is 48.5 Å². The van der Waals surface area contributed by atoms with Crippen molar-refractivity contribution in [1.82, 2.24) is 10.2 Å². The smallest absolute Gasteiger partial charge is 0.161 e. The molecule has 1 saturated heterocycles. The van der Waals surface area contributed by atoms with Crippen molar-refractivity contribution in [3.05, 3.63) is 95.3 Å². The van der Waals surface area contributed by atoms with Crippen molar-refractivity contribution in [2.75, 3.05) is 33.3 Å². The number of hydrogen-bond donors (Lipinski definition) is 1. The van der Waals surface area contributed by atoms with Gasteiger partial charge in [-0.3, -0.25) is 4.90 Å². The second-order valence-corrected chi connectivity index (χ2v) is 7.78. The lowest BCUT2D eigenvalue weighted by Crippen LogP contribution is -2.33. The minimum Gasteiger partial charge on any atom is -0.493 e. The van der Waals surface area contributed by atoms with Crippen LogP contribution in [0, 0.1) is 5.82 Å². The molecule has 31 heavy (non-hydrogen) atoms. The number of rotatable bonds is 7. The molecule has 4 nitrogen and oxygen atoms in total. The lowest BCUT2D eigenvalue weighted by Gasteiger charge is -2.31. The minimum absolute atomic E-state index is 0.0485. The first kappa shape index (κ1) is 21.3. The monoisotopic (exact) mass is 420 g/mol. The van der Waals surface area contributed by atoms with E-state index in [-0.39, 0.29) is 11.9 Å². The van der Waals surface area contributed by atoms with Crippen LogP contribution in [-0.4, -0.2) is 38.2 Å². The van der Waals surface area contributed by atoms with Gasteiger partial charge in [-0.05, 0) is 53.9 Å². The fourth-order valence-electron chi connectivity index (χ4n) is 4.12. The molecule has 4 rings (SSSR count). The summed E-state index contributed by atoms with van der Waals surface area (Å²) < 4.78 is 25.8. The summed E-state index contributed by atoms with van der Waals surface area (Å²) in [6.07, 6.45) is 1.06. The second-order valence-electron chi connectivity index (χ2n) is 7.78. The first-order chi connectivity index (χ1) is 15.2. The highest BCUT2D eigenvalue weighted by Crippen LogP contribution is 2.36. The van der Waals surface area contributed by atoms with E-state index >= 15 is 0 Å². The zero-order valence-electron chi connectivity index (χ0n) is 17.9. The third-order valence-corrected chi connectivity index (χ3v) is 5.64. The second kappa shape index (κ2) is 10.4. The van der Waals surface area contributed by atoms with E-state index in [1.54, 1.807) is 19.2 Å². The molecule has 3 aromatic rings. The Hall–Kier alpha value is -2.89. The van der Waals surface area contributed by atoms with Crippen LogP contribution in [0.1, 0.15) is 29.2 Å². The summed E-state index contributed by atoms with van der Waals surface area (Å²) in [5, 5.41) is 3.45. The Kier molecular flexibility index (Phi) is 7.18. The van der Waals surface area contributed by atoms with Crippen LogP contribution in [0.2, 0.25) is 0 Å². The molecule has 0 amide bonds. The predicted molar refractivity (Wildman–Crippen MR) is 121 cm³/mol. The SMILES string of the molecule is COc1cc(C(c2cccc(F)c2)N2CCCNCC2)ccc1OCc1ccccc1. The maximum Gasteiger partial charge on any atom is 0.161 e. The zero-order valence-corrected chi connectivity index (χ0v) is 17.9. The summed E-state index contributed by atoms with van der Waals surface area (Å²) in [4.78, 5) is 2.41. The topological polar surface area (TPSA) is 33.7 Å². The van der Waals surface area contributed by atoms with E-state index in [0.717, 1.165) is 49.3 Å². The lowest BCUT2D eigenvalue weighted by atomic mass is 9.96. The van der Waals surface area contributed by atoms with Gasteiger partial charge in [-0.1, -0.05) is 48.5 Å². The quantitative estimate of drug-likeness (QED) is 0.595. The van der Waals surface area contributed by atoms with Crippen LogP contribution in [0.3, 0.4) is 0 Å². The lowest BCUT2D eigenvalue weighted by molar-refractivity contribution is 0.239. The van der Waals surface area contributed by atoms with Gasteiger partial charge >= 0.3 is 0 Å². The number of hydrogen-bond acceptors (Lipinski definition) is 4. The van der Waals surface area contributed by atoms with E-state index in [9.17, 15) is 4.39 Å². The first-order valence-corrected chi connectivity index (χ1v) is 10.8. The van der Waals surface area contributed by atoms with Gasteiger partial charge in [-0.15, -0.1) is 0 Å². The van der Waals surface area contributed by atoms with Crippen molar-refractivity contribution < 1.29 is 13.9 Å². The Balaban J connectivity index is 1.64. The number of methoxy groups -OCH3 is 1. The van der Waals surface area contributed by atoms with Crippen LogP contribution in [0.25, 0.3) is 0 Å². The van der Waals surface area contributed by atoms with Crippen LogP contribution < -0.4 is 14.8 Å². The summed E-state index contributed by atoms with van der Waals surface area (Å²) in [7, 11) is 1.65. The minimum atomic E-state index is -0.217. The highest BCUT2D eigenvalue weighted by Gasteiger charge is 2.25. The van der Waals surface area contributed by atoms with Gasteiger partial charge < -0.3 is 14.8 Å². The fraction of sp³-hybridized carbons (Fsp3) is 0.308. The van der Waals surface area contributed by atoms with E-state index in [4.69, 9.17) is 9.47 Å². The Morgan fingerprint density at radius 3 is 2.55 bits per heavy atom. The molecule has 0 spiro atoms. The summed E-state index contributed by atoms with van der Waals surface area (Å²) in [5.41, 5.74) is 3.11. The van der Waals surface area contributed by atoms with Crippen molar-refractivity contribution >= 4 is 0 Å². The van der Waals surface area contributed by atoms with Crippen LogP contribution in [0.5, 0.6) is 11.5 Å². The molecule has 3 aromatic carbocycles. The molecule has 162 valence electrons. The van der Waals surface area contributed by atoms with Gasteiger partial charge in [0.15, 0.2) is 11.5 Å². The molecular weight excluding hydrogens is 391 g/mol. The molecule has 0 saturated carbocycles. The van der Waals surface area contributed by atoms with Crippen molar-refractivity contribution in [1.29, 1.82) is 0 Å². The molecule has 1 N–H and O–H groups in total. The number of benzene rings is 3. The molecule has 1 aliphatic heterocycles. The van der Waals surface area contributed by atoms with Gasteiger partial charge in [-0.25, -0.2) is 4.39 Å². The molecule has 1 unspecified atom stereocenters. The van der Waals surface area contributed by atoms with Crippen LogP contribution in [-0.2, 0) is 6.61 Å². The average Bonchev–Trinajstić information content (AvgIpc) is 3.08. The number of ether oxygens (including phenoxy) is 2. The molecule has 1 atom stereocenters. The molecule has 0 bridgehead atoms. The number of halogens is 1. The standard InChI is InChI=1S/C26H29FN2O2/c1-30-25-18-22(11-12-24(25)31-19-20-7-3-2-4-8-20)26(21-9-5-10-23(27)17-21)29-15-6-13-28-14-16-29/h2-5,7-12,17-18,26,28H,6,13-16,19H2,1H3. The van der Waals surface area contributed by atoms with E-state index < -0.39 is 0 Å². The van der Waals surface area contributed by atoms with E-state index in [0.29, 0.717) is 18.1 Å². The molecule has 1 aliphatic rings. The van der Waals surface area contributed by atoms with Gasteiger partial charge in [0.1, 0.15) is 12.4 Å². The highest BCUT2D eigenvalue weighted by molar-refractivity contribution is 5.46. The normalized spacial score (nSPS) is 15.8. The zero-order chi connectivity index (χ0) is 21.5. The Morgan fingerprint density at radius 1 is 0.903 bits per heavy atom. The Labute approximate surface area is 183 Å². The van der Waals surface area contributed by atoms with Crippen LogP contribution in [0.15, 0.2) is 72.8 Å². The molecule has 5 heteroatoms. The van der Waals surface area contributed by atoms with E-state index in [1.165, 1.54) is 6.07 Å².